The van der Waals surface area contributed by atoms with Crippen LogP contribution in [0.3, 0.4) is 0 Å². The van der Waals surface area contributed by atoms with E-state index in [-0.39, 0.29) is 23.8 Å². The second-order valence-corrected chi connectivity index (χ2v) is 15.6. The summed E-state index contributed by atoms with van der Waals surface area (Å²) in [4.78, 5) is 26.3. The summed E-state index contributed by atoms with van der Waals surface area (Å²) in [6, 6.07) is 0. The summed E-state index contributed by atoms with van der Waals surface area (Å²) in [6.07, 6.45) is -0.392. The van der Waals surface area contributed by atoms with E-state index in [1.807, 2.05) is 0 Å². The van der Waals surface area contributed by atoms with Crippen LogP contribution in [0.5, 0.6) is 0 Å². The molecule has 3 atom stereocenters. The fourth-order valence-corrected chi connectivity index (χ4v) is 5.55. The van der Waals surface area contributed by atoms with Gasteiger partial charge in [0.15, 0.2) is 13.9 Å². The van der Waals surface area contributed by atoms with Crippen LogP contribution in [0.4, 0.5) is 0 Å². The topological polar surface area (TPSA) is 143 Å². The monoisotopic (exact) mass is 459 g/mol. The summed E-state index contributed by atoms with van der Waals surface area (Å²) in [5.41, 5.74) is 3.76. The first-order valence-corrected chi connectivity index (χ1v) is 14.0. The second-order valence-electron chi connectivity index (χ2n) is 9.37. The molecule has 1 saturated heterocycles. The van der Waals surface area contributed by atoms with Crippen molar-refractivity contribution >= 4 is 18.4 Å². The predicted molar refractivity (Wildman–Crippen MR) is 113 cm³/mol. The van der Waals surface area contributed by atoms with Crippen LogP contribution in [0.1, 0.15) is 39.0 Å². The van der Waals surface area contributed by atoms with Gasteiger partial charge in [-0.1, -0.05) is 20.8 Å². The second kappa shape index (κ2) is 7.16. The highest BCUT2D eigenvalue weighted by atomic mass is 32.2. The lowest BCUT2D eigenvalue weighted by Crippen LogP contribution is -2.49. The van der Waals surface area contributed by atoms with E-state index in [4.69, 9.17) is 19.1 Å². The fraction of sp³-hybridized carbons (Fsp3) is 0.667. The predicted octanol–water partition coefficient (Wildman–Crippen LogP) is 1.05. The van der Waals surface area contributed by atoms with Crippen molar-refractivity contribution in [1.82, 2.24) is 9.55 Å². The van der Waals surface area contributed by atoms with Crippen LogP contribution in [0.2, 0.25) is 18.1 Å². The van der Waals surface area contributed by atoms with E-state index >= 15 is 0 Å². The van der Waals surface area contributed by atoms with Crippen LogP contribution in [0, 0.1) is 6.92 Å². The molecule has 3 heterocycles. The van der Waals surface area contributed by atoms with Crippen LogP contribution in [0.15, 0.2) is 26.9 Å². The molecule has 30 heavy (non-hydrogen) atoms. The Balaban J connectivity index is 1.98. The minimum absolute atomic E-state index is 0.00280. The largest absolute Gasteiger partial charge is 0.414 e. The number of hydrogen-bond acceptors (Lipinski definition) is 8. The van der Waals surface area contributed by atoms with Gasteiger partial charge in [0.25, 0.3) is 15.7 Å². The standard InChI is InChI=1S/C18H29N3O7SSi/c1-11-8-21(16(23)20-15(11)22)14-7-18(12(19)10-29(24,25)28-18)13(27-14)9-26-30(5,6)17(2,3)4/h8,10,13-14H,7,9,19H2,1-6H3,(H,20,22,23)/t13-,14-,18?/m1/s1. The quantitative estimate of drug-likeness (QED) is 0.502. The van der Waals surface area contributed by atoms with Gasteiger partial charge in [-0.3, -0.25) is 18.5 Å². The zero-order valence-corrected chi connectivity index (χ0v) is 19.8. The summed E-state index contributed by atoms with van der Waals surface area (Å²) in [6.45, 7) is 12.0. The number of H-pyrrole nitrogens is 1. The third-order valence-corrected chi connectivity index (χ3v) is 11.8. The van der Waals surface area contributed by atoms with E-state index in [9.17, 15) is 18.0 Å². The molecule has 0 saturated carbocycles. The van der Waals surface area contributed by atoms with Gasteiger partial charge in [0.05, 0.1) is 17.7 Å². The van der Waals surface area contributed by atoms with Crippen LogP contribution in [-0.2, 0) is 23.5 Å². The van der Waals surface area contributed by atoms with E-state index in [0.717, 1.165) is 5.41 Å². The molecule has 3 rings (SSSR count). The zero-order valence-electron chi connectivity index (χ0n) is 18.0. The van der Waals surface area contributed by atoms with Gasteiger partial charge in [-0.05, 0) is 25.1 Å². The van der Waals surface area contributed by atoms with Crippen LogP contribution < -0.4 is 17.0 Å². The molecule has 1 fully saturated rings. The maximum absolute atomic E-state index is 12.3. The summed E-state index contributed by atoms with van der Waals surface area (Å²) in [5, 5.41) is 0.800. The summed E-state index contributed by atoms with van der Waals surface area (Å²) < 4.78 is 43.2. The molecule has 0 aliphatic carbocycles. The number of rotatable bonds is 4. The molecular weight excluding hydrogens is 430 g/mol. The van der Waals surface area contributed by atoms with E-state index in [1.54, 1.807) is 6.92 Å². The lowest BCUT2D eigenvalue weighted by atomic mass is 9.92. The molecule has 0 aromatic carbocycles. The molecule has 1 aromatic rings. The van der Waals surface area contributed by atoms with Crippen molar-refractivity contribution in [3.8, 4) is 0 Å². The summed E-state index contributed by atoms with van der Waals surface area (Å²) in [5.74, 6) is 0. The molecule has 168 valence electrons. The van der Waals surface area contributed by atoms with Crippen molar-refractivity contribution in [2.45, 2.75) is 70.2 Å². The van der Waals surface area contributed by atoms with Crippen molar-refractivity contribution in [3.63, 3.8) is 0 Å². The maximum atomic E-state index is 12.3. The number of hydrogen-bond donors (Lipinski definition) is 2. The van der Waals surface area contributed by atoms with E-state index in [0.29, 0.717) is 5.56 Å². The molecule has 10 nitrogen and oxygen atoms in total. The third kappa shape index (κ3) is 3.94. The first-order valence-electron chi connectivity index (χ1n) is 9.63. The lowest BCUT2D eigenvalue weighted by Gasteiger charge is -2.38. The maximum Gasteiger partial charge on any atom is 0.330 e. The van der Waals surface area contributed by atoms with Crippen LogP contribution in [0.25, 0.3) is 0 Å². The van der Waals surface area contributed by atoms with Crippen molar-refractivity contribution in [3.05, 3.63) is 43.7 Å². The summed E-state index contributed by atoms with van der Waals surface area (Å²) >= 11 is 0. The summed E-state index contributed by atoms with van der Waals surface area (Å²) in [7, 11) is -6.18. The molecule has 0 amide bonds. The van der Waals surface area contributed by atoms with Crippen LogP contribution in [-0.4, -0.2) is 44.6 Å². The first-order chi connectivity index (χ1) is 13.6. The molecule has 0 bridgehead atoms. The number of ether oxygens (including phenoxy) is 1. The minimum Gasteiger partial charge on any atom is -0.414 e. The Hall–Kier alpha value is -1.73. The van der Waals surface area contributed by atoms with Gasteiger partial charge in [-0.25, -0.2) is 4.79 Å². The normalized spacial score (nSPS) is 28.8. The molecule has 2 aliphatic heterocycles. The van der Waals surface area contributed by atoms with Gasteiger partial charge in [-0.2, -0.15) is 8.42 Å². The smallest absolute Gasteiger partial charge is 0.330 e. The van der Waals surface area contributed by atoms with Gasteiger partial charge >= 0.3 is 5.69 Å². The van der Waals surface area contributed by atoms with Crippen molar-refractivity contribution in [1.29, 1.82) is 0 Å². The highest BCUT2D eigenvalue weighted by molar-refractivity contribution is 7.90. The van der Waals surface area contributed by atoms with Crippen molar-refractivity contribution < 1.29 is 21.8 Å². The van der Waals surface area contributed by atoms with E-state index in [1.165, 1.54) is 10.8 Å². The molecule has 1 spiro atoms. The molecule has 1 unspecified atom stereocenters. The Bertz CT molecular complexity index is 1100. The molecular formula is C18H29N3O7SSi. The van der Waals surface area contributed by atoms with Gasteiger partial charge in [0.1, 0.15) is 12.3 Å². The molecule has 2 aliphatic rings. The zero-order chi connectivity index (χ0) is 22.7. The van der Waals surface area contributed by atoms with Gasteiger partial charge in [0, 0.05) is 18.2 Å². The Labute approximate surface area is 176 Å². The van der Waals surface area contributed by atoms with E-state index in [2.05, 4.69) is 38.8 Å². The van der Waals surface area contributed by atoms with Gasteiger partial charge in [-0.15, -0.1) is 0 Å². The highest BCUT2D eigenvalue weighted by Crippen LogP contribution is 2.47. The Morgan fingerprint density at radius 2 is 2.00 bits per heavy atom. The Morgan fingerprint density at radius 1 is 1.37 bits per heavy atom. The lowest BCUT2D eigenvalue weighted by molar-refractivity contribution is -0.0553. The SMILES string of the molecule is Cc1cn([C@H]2CC3(OS(=O)(=O)C=C3N)[C@@H](CO[Si](C)(C)C(C)(C)C)O2)c(=O)[nH]c1=O. The van der Waals surface area contributed by atoms with Crippen molar-refractivity contribution in [2.75, 3.05) is 6.61 Å². The van der Waals surface area contributed by atoms with Crippen molar-refractivity contribution in [2.24, 2.45) is 5.73 Å². The minimum atomic E-state index is -3.99. The third-order valence-electron chi connectivity index (χ3n) is 6.20. The fourth-order valence-electron chi connectivity index (χ4n) is 3.30. The van der Waals surface area contributed by atoms with Gasteiger partial charge < -0.3 is 14.9 Å². The molecule has 12 heteroatoms. The van der Waals surface area contributed by atoms with Gasteiger partial charge in [0.2, 0.25) is 0 Å². The first kappa shape index (κ1) is 22.9. The number of nitrogens with one attached hydrogen (secondary N) is 1. The number of aryl methyl sites for hydroxylation is 1. The molecule has 1 aromatic heterocycles. The van der Waals surface area contributed by atoms with Crippen LogP contribution >= 0.6 is 0 Å². The number of aromatic nitrogens is 2. The molecule has 3 N–H and O–H groups in total. The average molecular weight is 460 g/mol. The van der Waals surface area contributed by atoms with E-state index < -0.39 is 47.6 Å². The number of nitrogens with two attached hydrogens (primary N) is 1. The Morgan fingerprint density at radius 3 is 2.53 bits per heavy atom. The highest BCUT2D eigenvalue weighted by Gasteiger charge is 2.58. The molecule has 0 radical (unpaired) electrons. The number of nitrogens with zero attached hydrogens (tertiary/aromatic N) is 1. The number of aromatic amines is 1. The average Bonchev–Trinajstić information content (AvgIpc) is 3.04. The Kier molecular flexibility index (Phi) is 5.47.